The van der Waals surface area contributed by atoms with Gasteiger partial charge in [-0.15, -0.1) is 0 Å². The van der Waals surface area contributed by atoms with Gasteiger partial charge in [0.15, 0.2) is 0 Å². The Kier molecular flexibility index (Phi) is 6.13. The molecule has 0 bridgehead atoms. The average molecular weight is 394 g/mol. The van der Waals surface area contributed by atoms with Crippen molar-refractivity contribution in [3.05, 3.63) is 64.2 Å². The third-order valence-electron chi connectivity index (χ3n) is 3.63. The third-order valence-corrected chi connectivity index (χ3v) is 3.96. The van der Waals surface area contributed by atoms with E-state index in [1.807, 2.05) is 31.1 Å². The molecule has 0 aliphatic carbocycles. The maximum atomic E-state index is 12.8. The lowest BCUT2D eigenvalue weighted by Crippen LogP contribution is -2.15. The summed E-state index contributed by atoms with van der Waals surface area (Å²) in [7, 11) is 3.75. The first-order valence-electron chi connectivity index (χ1n) is 7.69. The Morgan fingerprint density at radius 1 is 1.19 bits per heavy atom. The van der Waals surface area contributed by atoms with Gasteiger partial charge in [-0.25, -0.2) is 0 Å². The number of hydrogen-bond acceptors (Lipinski definition) is 3. The molecular formula is C19H15ClF3N3O. The van der Waals surface area contributed by atoms with Crippen molar-refractivity contribution in [1.82, 2.24) is 0 Å². The zero-order valence-electron chi connectivity index (χ0n) is 14.4. The summed E-state index contributed by atoms with van der Waals surface area (Å²) < 4.78 is 38.4. The Morgan fingerprint density at radius 3 is 2.33 bits per heavy atom. The number of nitrogens with zero attached hydrogens (tertiary/aromatic N) is 2. The van der Waals surface area contributed by atoms with E-state index in [0.29, 0.717) is 5.56 Å². The zero-order chi connectivity index (χ0) is 20.2. The molecular weight excluding hydrogens is 379 g/mol. The molecule has 0 aliphatic rings. The molecule has 4 nitrogen and oxygen atoms in total. The minimum atomic E-state index is -4.58. The van der Waals surface area contributed by atoms with Crippen LogP contribution in [-0.4, -0.2) is 20.0 Å². The topological polar surface area (TPSA) is 56.1 Å². The summed E-state index contributed by atoms with van der Waals surface area (Å²) in [5, 5.41) is 11.4. The van der Waals surface area contributed by atoms with E-state index < -0.39 is 17.6 Å². The monoisotopic (exact) mass is 393 g/mol. The van der Waals surface area contributed by atoms with Crippen molar-refractivity contribution in [2.75, 3.05) is 24.3 Å². The van der Waals surface area contributed by atoms with E-state index in [1.54, 1.807) is 18.2 Å². The van der Waals surface area contributed by atoms with Crippen molar-refractivity contribution >= 4 is 35.0 Å². The standard InChI is InChI=1S/C19H15ClF3N3O/c1-26(2)15-6-3-12(4-7-15)9-13(11-24)18(27)25-17-10-14(19(21,22)23)5-8-16(17)20/h3-10H,1-2H3,(H,25,27). The van der Waals surface area contributed by atoms with E-state index in [9.17, 15) is 23.2 Å². The highest BCUT2D eigenvalue weighted by atomic mass is 35.5. The maximum Gasteiger partial charge on any atom is 0.416 e. The van der Waals surface area contributed by atoms with Crippen molar-refractivity contribution in [3.63, 3.8) is 0 Å². The zero-order valence-corrected chi connectivity index (χ0v) is 15.2. The molecule has 2 rings (SSSR count). The molecule has 1 amide bonds. The molecule has 0 saturated heterocycles. The summed E-state index contributed by atoms with van der Waals surface area (Å²) in [6, 6.07) is 11.4. The fourth-order valence-electron chi connectivity index (χ4n) is 2.17. The predicted octanol–water partition coefficient (Wildman–Crippen LogP) is 4.97. The highest BCUT2D eigenvalue weighted by Crippen LogP contribution is 2.34. The molecule has 0 radical (unpaired) electrons. The van der Waals surface area contributed by atoms with Gasteiger partial charge in [0.25, 0.3) is 5.91 Å². The molecule has 140 valence electrons. The maximum absolute atomic E-state index is 12.8. The molecule has 8 heteroatoms. The fraction of sp³-hybridized carbons (Fsp3) is 0.158. The number of rotatable bonds is 4. The number of nitriles is 1. The van der Waals surface area contributed by atoms with E-state index in [1.165, 1.54) is 6.08 Å². The van der Waals surface area contributed by atoms with Crippen LogP contribution in [0.5, 0.6) is 0 Å². The minimum Gasteiger partial charge on any atom is -0.378 e. The van der Waals surface area contributed by atoms with Gasteiger partial charge in [-0.3, -0.25) is 4.79 Å². The molecule has 0 heterocycles. The molecule has 2 aromatic rings. The van der Waals surface area contributed by atoms with Crippen molar-refractivity contribution in [2.45, 2.75) is 6.18 Å². The molecule has 0 aromatic heterocycles. The number of amides is 1. The summed E-state index contributed by atoms with van der Waals surface area (Å²) in [6.07, 6.45) is -3.23. The highest BCUT2D eigenvalue weighted by molar-refractivity contribution is 6.34. The number of alkyl halides is 3. The second kappa shape index (κ2) is 8.14. The number of hydrogen-bond donors (Lipinski definition) is 1. The van der Waals surface area contributed by atoms with Crippen LogP contribution < -0.4 is 10.2 Å². The Bertz CT molecular complexity index is 913. The summed E-state index contributed by atoms with van der Waals surface area (Å²) in [5.74, 6) is -0.851. The first-order valence-corrected chi connectivity index (χ1v) is 8.07. The summed E-state index contributed by atoms with van der Waals surface area (Å²) in [6.45, 7) is 0. The molecule has 2 aromatic carbocycles. The number of benzene rings is 2. The van der Waals surface area contributed by atoms with Crippen LogP contribution in [-0.2, 0) is 11.0 Å². The lowest BCUT2D eigenvalue weighted by Gasteiger charge is -2.12. The second-order valence-electron chi connectivity index (χ2n) is 5.80. The molecule has 0 fully saturated rings. The third kappa shape index (κ3) is 5.25. The molecule has 0 aliphatic heterocycles. The van der Waals surface area contributed by atoms with Gasteiger partial charge in [-0.1, -0.05) is 23.7 Å². The van der Waals surface area contributed by atoms with Crippen LogP contribution in [0.1, 0.15) is 11.1 Å². The SMILES string of the molecule is CN(C)c1ccc(C=C(C#N)C(=O)Nc2cc(C(F)(F)F)ccc2Cl)cc1. The second-order valence-corrected chi connectivity index (χ2v) is 6.21. The normalized spacial score (nSPS) is 11.7. The van der Waals surface area contributed by atoms with Gasteiger partial charge < -0.3 is 10.2 Å². The van der Waals surface area contributed by atoms with Gasteiger partial charge in [0.05, 0.1) is 16.3 Å². The Labute approximate surface area is 159 Å². The minimum absolute atomic E-state index is 0.0658. The van der Waals surface area contributed by atoms with Gasteiger partial charge in [0.1, 0.15) is 11.6 Å². The quantitative estimate of drug-likeness (QED) is 0.589. The molecule has 0 unspecified atom stereocenters. The van der Waals surface area contributed by atoms with Crippen LogP contribution >= 0.6 is 11.6 Å². The number of anilines is 2. The largest absolute Gasteiger partial charge is 0.416 e. The smallest absolute Gasteiger partial charge is 0.378 e. The molecule has 27 heavy (non-hydrogen) atoms. The molecule has 1 N–H and O–H groups in total. The van der Waals surface area contributed by atoms with Crippen molar-refractivity contribution in [1.29, 1.82) is 5.26 Å². The predicted molar refractivity (Wildman–Crippen MR) is 99.4 cm³/mol. The van der Waals surface area contributed by atoms with E-state index >= 15 is 0 Å². The number of nitrogens with one attached hydrogen (secondary N) is 1. The number of carbonyl (C=O) groups excluding carboxylic acids is 1. The van der Waals surface area contributed by atoms with E-state index in [4.69, 9.17) is 11.6 Å². The van der Waals surface area contributed by atoms with E-state index in [-0.39, 0.29) is 16.3 Å². The van der Waals surface area contributed by atoms with Crippen molar-refractivity contribution < 1.29 is 18.0 Å². The number of carbonyl (C=O) groups is 1. The fourth-order valence-corrected chi connectivity index (χ4v) is 2.34. The lowest BCUT2D eigenvalue weighted by molar-refractivity contribution is -0.137. The first kappa shape index (κ1) is 20.3. The van der Waals surface area contributed by atoms with E-state index in [0.717, 1.165) is 23.9 Å². The van der Waals surface area contributed by atoms with Crippen LogP contribution in [0.2, 0.25) is 5.02 Å². The first-order chi connectivity index (χ1) is 12.6. The molecule has 0 saturated carbocycles. The Hall–Kier alpha value is -2.98. The van der Waals surface area contributed by atoms with Gasteiger partial charge >= 0.3 is 6.18 Å². The van der Waals surface area contributed by atoms with Crippen molar-refractivity contribution in [3.8, 4) is 6.07 Å². The molecule has 0 atom stereocenters. The van der Waals surface area contributed by atoms with Crippen molar-refractivity contribution in [2.24, 2.45) is 0 Å². The van der Waals surface area contributed by atoms with E-state index in [2.05, 4.69) is 5.32 Å². The van der Waals surface area contributed by atoms with Gasteiger partial charge in [-0.2, -0.15) is 18.4 Å². The lowest BCUT2D eigenvalue weighted by atomic mass is 10.1. The van der Waals surface area contributed by atoms with Crippen LogP contribution in [0.4, 0.5) is 24.5 Å². The number of halogens is 4. The van der Waals surface area contributed by atoms with Gasteiger partial charge in [0.2, 0.25) is 0 Å². The van der Waals surface area contributed by atoms with Crippen LogP contribution in [0.25, 0.3) is 6.08 Å². The summed E-state index contributed by atoms with van der Waals surface area (Å²) in [4.78, 5) is 14.2. The average Bonchev–Trinajstić information content (AvgIpc) is 2.60. The van der Waals surface area contributed by atoms with Crippen LogP contribution in [0, 0.1) is 11.3 Å². The Morgan fingerprint density at radius 2 is 1.81 bits per heavy atom. The van der Waals surface area contributed by atoms with Crippen LogP contribution in [0.15, 0.2) is 48.0 Å². The summed E-state index contributed by atoms with van der Waals surface area (Å²) in [5.41, 5.74) is 0.0962. The van der Waals surface area contributed by atoms with Gasteiger partial charge in [-0.05, 0) is 42.0 Å². The molecule has 0 spiro atoms. The Balaban J connectivity index is 2.26. The highest BCUT2D eigenvalue weighted by Gasteiger charge is 2.31. The summed E-state index contributed by atoms with van der Waals surface area (Å²) >= 11 is 5.86. The van der Waals surface area contributed by atoms with Crippen LogP contribution in [0.3, 0.4) is 0 Å². The van der Waals surface area contributed by atoms with Gasteiger partial charge in [0, 0.05) is 19.8 Å².